The van der Waals surface area contributed by atoms with Gasteiger partial charge in [-0.1, -0.05) is 0 Å². The molecule has 0 fully saturated rings. The van der Waals surface area contributed by atoms with Gasteiger partial charge in [0.2, 0.25) is 5.91 Å². The standard InChI is InChI=1S/C23H22F3N3O6S/c1-34-22(33)18-12-29(10-11-30)21(32)20(18)28-15-4-8-17(9-5-15)36-13-19(31)27-14-2-6-16(7-3-14)35-23(24,25)26/h2-9,28,30H,10-13H2,1H3,(H,27,31). The van der Waals surface area contributed by atoms with Crippen LogP contribution in [0.15, 0.2) is 64.7 Å². The van der Waals surface area contributed by atoms with E-state index in [-0.39, 0.29) is 42.6 Å². The van der Waals surface area contributed by atoms with Crippen LogP contribution >= 0.6 is 11.8 Å². The van der Waals surface area contributed by atoms with Crippen LogP contribution < -0.4 is 15.4 Å². The van der Waals surface area contributed by atoms with Gasteiger partial charge < -0.3 is 30.1 Å². The van der Waals surface area contributed by atoms with Gasteiger partial charge >= 0.3 is 12.3 Å². The summed E-state index contributed by atoms with van der Waals surface area (Å²) in [7, 11) is 1.21. The molecular formula is C23H22F3N3O6S. The van der Waals surface area contributed by atoms with Crippen molar-refractivity contribution in [3.05, 3.63) is 59.8 Å². The molecule has 1 aliphatic heterocycles. The average molecular weight is 526 g/mol. The van der Waals surface area contributed by atoms with Crippen molar-refractivity contribution >= 4 is 40.9 Å². The quantitative estimate of drug-likeness (QED) is 0.320. The van der Waals surface area contributed by atoms with Crippen LogP contribution in [0.2, 0.25) is 0 Å². The van der Waals surface area contributed by atoms with Crippen molar-refractivity contribution in [2.45, 2.75) is 11.3 Å². The molecule has 0 aliphatic carbocycles. The molecule has 1 aliphatic rings. The lowest BCUT2D eigenvalue weighted by atomic mass is 10.2. The van der Waals surface area contributed by atoms with E-state index in [0.717, 1.165) is 17.0 Å². The van der Waals surface area contributed by atoms with Crippen LogP contribution in [0.3, 0.4) is 0 Å². The number of methoxy groups -OCH3 is 1. The molecule has 0 saturated carbocycles. The highest BCUT2D eigenvalue weighted by Crippen LogP contribution is 2.26. The summed E-state index contributed by atoms with van der Waals surface area (Å²) in [6, 6.07) is 11.6. The van der Waals surface area contributed by atoms with Gasteiger partial charge in [0, 0.05) is 22.8 Å². The second-order valence-electron chi connectivity index (χ2n) is 7.35. The molecule has 3 rings (SSSR count). The van der Waals surface area contributed by atoms with Crippen molar-refractivity contribution in [1.29, 1.82) is 0 Å². The molecule has 0 aromatic heterocycles. The van der Waals surface area contributed by atoms with Gasteiger partial charge in [0.25, 0.3) is 5.91 Å². The number of carbonyl (C=O) groups is 3. The summed E-state index contributed by atoms with van der Waals surface area (Å²) in [6.45, 7) is -0.145. The Morgan fingerprint density at radius 1 is 1.08 bits per heavy atom. The first kappa shape index (κ1) is 26.9. The van der Waals surface area contributed by atoms with E-state index in [2.05, 4.69) is 15.4 Å². The lowest BCUT2D eigenvalue weighted by Gasteiger charge is -2.15. The Morgan fingerprint density at radius 3 is 2.31 bits per heavy atom. The number of amides is 2. The topological polar surface area (TPSA) is 117 Å². The third-order valence-corrected chi connectivity index (χ3v) is 5.83. The number of carbonyl (C=O) groups excluding carboxylic acids is 3. The maximum atomic E-state index is 12.6. The van der Waals surface area contributed by atoms with Crippen molar-refractivity contribution < 1.29 is 42.1 Å². The van der Waals surface area contributed by atoms with Gasteiger partial charge in [0.1, 0.15) is 11.4 Å². The molecule has 0 spiro atoms. The number of rotatable bonds is 10. The zero-order valence-corrected chi connectivity index (χ0v) is 19.7. The van der Waals surface area contributed by atoms with Crippen LogP contribution in [0.25, 0.3) is 0 Å². The van der Waals surface area contributed by atoms with Crippen molar-refractivity contribution in [3.63, 3.8) is 0 Å². The zero-order valence-electron chi connectivity index (χ0n) is 18.9. The van der Waals surface area contributed by atoms with Crippen molar-refractivity contribution in [2.75, 3.05) is 43.2 Å². The Morgan fingerprint density at radius 2 is 1.72 bits per heavy atom. The molecule has 9 nitrogen and oxygen atoms in total. The number of β-amino-alcohol motifs (C(OH)–C–C–N with tert-alkyl or cyclic N) is 1. The van der Waals surface area contributed by atoms with Crippen molar-refractivity contribution in [2.24, 2.45) is 0 Å². The van der Waals surface area contributed by atoms with Gasteiger partial charge in [0.05, 0.1) is 31.6 Å². The lowest BCUT2D eigenvalue weighted by Crippen LogP contribution is -2.31. The zero-order chi connectivity index (χ0) is 26.3. The minimum atomic E-state index is -4.79. The second kappa shape index (κ2) is 11.8. The first-order valence-electron chi connectivity index (χ1n) is 10.5. The average Bonchev–Trinajstić information content (AvgIpc) is 3.14. The highest BCUT2D eigenvalue weighted by atomic mass is 32.2. The normalized spacial score (nSPS) is 13.6. The van der Waals surface area contributed by atoms with Gasteiger partial charge in [-0.15, -0.1) is 24.9 Å². The predicted molar refractivity (Wildman–Crippen MR) is 125 cm³/mol. The number of aliphatic hydroxyl groups excluding tert-OH is 1. The number of benzene rings is 2. The largest absolute Gasteiger partial charge is 0.573 e. The Kier molecular flexibility index (Phi) is 8.83. The van der Waals surface area contributed by atoms with Gasteiger partial charge in [-0.2, -0.15) is 0 Å². The number of ether oxygens (including phenoxy) is 2. The molecule has 192 valence electrons. The summed E-state index contributed by atoms with van der Waals surface area (Å²) < 4.78 is 45.2. The van der Waals surface area contributed by atoms with Crippen LogP contribution in [-0.2, 0) is 19.1 Å². The Balaban J connectivity index is 1.55. The molecule has 2 amide bonds. The number of anilines is 2. The van der Waals surface area contributed by atoms with Crippen molar-refractivity contribution in [1.82, 2.24) is 4.90 Å². The molecule has 2 aromatic carbocycles. The third-order valence-electron chi connectivity index (χ3n) is 4.82. The molecular weight excluding hydrogens is 503 g/mol. The van der Waals surface area contributed by atoms with Crippen LogP contribution in [0.4, 0.5) is 24.5 Å². The molecule has 13 heteroatoms. The fourth-order valence-electron chi connectivity index (χ4n) is 3.21. The highest BCUT2D eigenvalue weighted by molar-refractivity contribution is 8.00. The SMILES string of the molecule is COC(=O)C1=C(Nc2ccc(SCC(=O)Nc3ccc(OC(F)(F)F)cc3)cc2)C(=O)N(CCO)C1. The Bertz CT molecular complexity index is 1140. The van der Waals surface area contributed by atoms with Gasteiger partial charge in [-0.25, -0.2) is 4.79 Å². The minimum absolute atomic E-state index is 0.0233. The molecule has 2 aromatic rings. The van der Waals surface area contributed by atoms with E-state index >= 15 is 0 Å². The van der Waals surface area contributed by atoms with Gasteiger partial charge in [-0.05, 0) is 48.5 Å². The van der Waals surface area contributed by atoms with Crippen LogP contribution in [0.1, 0.15) is 0 Å². The van der Waals surface area contributed by atoms with E-state index in [1.807, 2.05) is 0 Å². The molecule has 0 bridgehead atoms. The number of nitrogens with one attached hydrogen (secondary N) is 2. The molecule has 1 heterocycles. The smallest absolute Gasteiger partial charge is 0.466 e. The van der Waals surface area contributed by atoms with Gasteiger partial charge in [-0.3, -0.25) is 9.59 Å². The first-order chi connectivity index (χ1) is 17.1. The molecule has 36 heavy (non-hydrogen) atoms. The number of nitrogens with zero attached hydrogens (tertiary/aromatic N) is 1. The summed E-state index contributed by atoms with van der Waals surface area (Å²) in [6.07, 6.45) is -4.79. The lowest BCUT2D eigenvalue weighted by molar-refractivity contribution is -0.274. The third kappa shape index (κ3) is 7.39. The maximum absolute atomic E-state index is 12.6. The van der Waals surface area contributed by atoms with Crippen molar-refractivity contribution in [3.8, 4) is 5.75 Å². The van der Waals surface area contributed by atoms with E-state index in [1.54, 1.807) is 24.3 Å². The summed E-state index contributed by atoms with van der Waals surface area (Å²) in [4.78, 5) is 38.9. The highest BCUT2D eigenvalue weighted by Gasteiger charge is 2.34. The minimum Gasteiger partial charge on any atom is -0.466 e. The molecule has 0 radical (unpaired) electrons. The summed E-state index contributed by atoms with van der Waals surface area (Å²) in [5.41, 5.74) is 1.08. The summed E-state index contributed by atoms with van der Waals surface area (Å²) in [5, 5.41) is 14.6. The first-order valence-corrected chi connectivity index (χ1v) is 11.5. The van der Waals surface area contributed by atoms with Crippen LogP contribution in [-0.4, -0.2) is 66.7 Å². The number of thioether (sulfide) groups is 1. The van der Waals surface area contributed by atoms with E-state index in [0.29, 0.717) is 11.4 Å². The fraction of sp³-hybridized carbons (Fsp3) is 0.261. The Labute approximate surface area is 208 Å². The number of esters is 1. The number of aliphatic hydroxyl groups is 1. The second-order valence-corrected chi connectivity index (χ2v) is 8.40. The summed E-state index contributed by atoms with van der Waals surface area (Å²) >= 11 is 1.22. The van der Waals surface area contributed by atoms with Crippen LogP contribution in [0, 0.1) is 0 Å². The molecule has 0 atom stereocenters. The van der Waals surface area contributed by atoms with Gasteiger partial charge in [0.15, 0.2) is 0 Å². The van der Waals surface area contributed by atoms with E-state index < -0.39 is 24.0 Å². The number of halogens is 3. The number of alkyl halides is 3. The summed E-state index contributed by atoms with van der Waals surface area (Å²) in [5.74, 6) is -1.79. The molecule has 0 unspecified atom stereocenters. The molecule has 3 N–H and O–H groups in total. The van der Waals surface area contributed by atoms with Crippen LogP contribution in [0.5, 0.6) is 5.75 Å². The predicted octanol–water partition coefficient (Wildman–Crippen LogP) is 2.99. The Hall–Kier alpha value is -3.71. The number of hydrogen-bond acceptors (Lipinski definition) is 8. The number of hydrogen-bond donors (Lipinski definition) is 3. The van der Waals surface area contributed by atoms with E-state index in [9.17, 15) is 27.6 Å². The fourth-order valence-corrected chi connectivity index (χ4v) is 3.91. The maximum Gasteiger partial charge on any atom is 0.573 e. The molecule has 0 saturated heterocycles. The van der Waals surface area contributed by atoms with E-state index in [1.165, 1.54) is 35.9 Å². The van der Waals surface area contributed by atoms with E-state index in [4.69, 9.17) is 9.84 Å². The monoisotopic (exact) mass is 525 g/mol.